The minimum absolute atomic E-state index is 0.0559. The molecule has 0 saturated carbocycles. The van der Waals surface area contributed by atoms with Crippen molar-refractivity contribution in [1.29, 1.82) is 0 Å². The number of fused-ring (bicyclic) bond motifs is 4. The van der Waals surface area contributed by atoms with E-state index in [2.05, 4.69) is 15.1 Å². The quantitative estimate of drug-likeness (QED) is 0.521. The van der Waals surface area contributed by atoms with Crippen molar-refractivity contribution >= 4 is 33.1 Å². The van der Waals surface area contributed by atoms with Crippen LogP contribution in [0.5, 0.6) is 0 Å². The molecular formula is C19H17N5OS. The highest BCUT2D eigenvalue weighted by Gasteiger charge is 2.24. The average molecular weight is 363 g/mol. The molecule has 26 heavy (non-hydrogen) atoms. The van der Waals surface area contributed by atoms with Gasteiger partial charge in [-0.25, -0.2) is 14.5 Å². The number of rotatable bonds is 1. The van der Waals surface area contributed by atoms with Crippen molar-refractivity contribution in [3.05, 3.63) is 58.0 Å². The predicted octanol–water partition coefficient (Wildman–Crippen LogP) is 3.15. The van der Waals surface area contributed by atoms with Gasteiger partial charge in [-0.15, -0.1) is 11.3 Å². The van der Waals surface area contributed by atoms with Crippen molar-refractivity contribution in [3.8, 4) is 0 Å². The summed E-state index contributed by atoms with van der Waals surface area (Å²) in [6, 6.07) is 7.74. The van der Waals surface area contributed by atoms with Gasteiger partial charge in [0.25, 0.3) is 5.91 Å². The Labute approximate surface area is 154 Å². The van der Waals surface area contributed by atoms with Gasteiger partial charge in [0.2, 0.25) is 0 Å². The van der Waals surface area contributed by atoms with Crippen LogP contribution in [0.2, 0.25) is 0 Å². The van der Waals surface area contributed by atoms with Crippen molar-refractivity contribution in [3.63, 3.8) is 0 Å². The molecule has 1 amide bonds. The largest absolute Gasteiger partial charge is 0.334 e. The summed E-state index contributed by atoms with van der Waals surface area (Å²) < 4.78 is 2.97. The van der Waals surface area contributed by atoms with Crippen LogP contribution in [0.1, 0.15) is 32.3 Å². The summed E-state index contributed by atoms with van der Waals surface area (Å²) in [6.45, 7) is 5.20. The first-order chi connectivity index (χ1) is 12.6. The smallest absolute Gasteiger partial charge is 0.254 e. The van der Waals surface area contributed by atoms with E-state index in [0.29, 0.717) is 18.7 Å². The van der Waals surface area contributed by atoms with E-state index < -0.39 is 0 Å². The number of aryl methyl sites for hydroxylation is 2. The number of hydrogen-bond donors (Lipinski definition) is 0. The van der Waals surface area contributed by atoms with Gasteiger partial charge in [-0.1, -0.05) is 0 Å². The van der Waals surface area contributed by atoms with E-state index >= 15 is 0 Å². The summed E-state index contributed by atoms with van der Waals surface area (Å²) in [4.78, 5) is 23.8. The van der Waals surface area contributed by atoms with Gasteiger partial charge in [-0.05, 0) is 32.0 Å². The van der Waals surface area contributed by atoms with Gasteiger partial charge in [0.1, 0.15) is 0 Å². The number of aromatic nitrogens is 4. The second-order valence-electron chi connectivity index (χ2n) is 6.68. The number of carbonyl (C=O) groups excluding carboxylic acids is 1. The summed E-state index contributed by atoms with van der Waals surface area (Å²) >= 11 is 1.62. The van der Waals surface area contributed by atoms with Gasteiger partial charge < -0.3 is 4.90 Å². The minimum atomic E-state index is 0.0559. The molecule has 0 spiro atoms. The number of benzene rings is 1. The van der Waals surface area contributed by atoms with Crippen LogP contribution in [0.25, 0.3) is 15.9 Å². The lowest BCUT2D eigenvalue weighted by atomic mass is 10.1. The lowest BCUT2D eigenvalue weighted by Crippen LogP contribution is -2.37. The van der Waals surface area contributed by atoms with E-state index in [9.17, 15) is 4.79 Å². The van der Waals surface area contributed by atoms with E-state index in [4.69, 9.17) is 0 Å². The van der Waals surface area contributed by atoms with Gasteiger partial charge in [0.05, 0.1) is 26.6 Å². The van der Waals surface area contributed by atoms with Crippen LogP contribution in [-0.2, 0) is 13.0 Å². The fourth-order valence-corrected chi connectivity index (χ4v) is 4.45. The highest BCUT2D eigenvalue weighted by Crippen LogP contribution is 2.25. The molecule has 1 aliphatic rings. The molecule has 1 aromatic carbocycles. The lowest BCUT2D eigenvalue weighted by molar-refractivity contribution is 0.0733. The first-order valence-electron chi connectivity index (χ1n) is 8.58. The van der Waals surface area contributed by atoms with Crippen LogP contribution in [0, 0.1) is 13.8 Å². The number of hydrogen-bond acceptors (Lipinski definition) is 5. The third-order valence-corrected chi connectivity index (χ3v) is 5.73. The molecule has 0 fully saturated rings. The fraction of sp³-hybridized carbons (Fsp3) is 0.263. The molecule has 3 aromatic heterocycles. The van der Waals surface area contributed by atoms with Crippen LogP contribution in [0.4, 0.5) is 0 Å². The normalized spacial score (nSPS) is 14.2. The first-order valence-corrected chi connectivity index (χ1v) is 9.40. The Kier molecular flexibility index (Phi) is 3.33. The van der Waals surface area contributed by atoms with Gasteiger partial charge in [-0.3, -0.25) is 4.79 Å². The summed E-state index contributed by atoms with van der Waals surface area (Å²) in [7, 11) is 0. The zero-order valence-corrected chi connectivity index (χ0v) is 15.4. The summed E-state index contributed by atoms with van der Waals surface area (Å²) in [5.74, 6) is 0.0559. The number of carbonyl (C=O) groups is 1. The molecule has 7 heteroatoms. The maximum Gasteiger partial charge on any atom is 0.254 e. The Hall–Kier alpha value is -2.80. The Morgan fingerprint density at radius 1 is 1.23 bits per heavy atom. The molecule has 0 bridgehead atoms. The van der Waals surface area contributed by atoms with Crippen LogP contribution in [-0.4, -0.2) is 36.9 Å². The second kappa shape index (κ2) is 5.60. The Morgan fingerprint density at radius 2 is 2.12 bits per heavy atom. The van der Waals surface area contributed by atoms with Crippen LogP contribution in [0.15, 0.2) is 30.5 Å². The van der Waals surface area contributed by atoms with Crippen molar-refractivity contribution in [2.45, 2.75) is 26.8 Å². The van der Waals surface area contributed by atoms with E-state index in [0.717, 1.165) is 44.2 Å². The molecule has 0 atom stereocenters. The molecule has 130 valence electrons. The fourth-order valence-electron chi connectivity index (χ4n) is 3.58. The summed E-state index contributed by atoms with van der Waals surface area (Å²) in [5, 5.41) is 5.55. The van der Waals surface area contributed by atoms with Gasteiger partial charge in [-0.2, -0.15) is 5.10 Å². The number of amides is 1. The third-order valence-electron chi connectivity index (χ3n) is 4.80. The summed E-state index contributed by atoms with van der Waals surface area (Å²) in [5.41, 5.74) is 5.71. The molecule has 0 N–H and O–H groups in total. The van der Waals surface area contributed by atoms with Gasteiger partial charge in [0.15, 0.2) is 5.65 Å². The van der Waals surface area contributed by atoms with Crippen LogP contribution in [0.3, 0.4) is 0 Å². The molecule has 4 heterocycles. The monoisotopic (exact) mass is 363 g/mol. The van der Waals surface area contributed by atoms with Crippen molar-refractivity contribution in [1.82, 2.24) is 24.5 Å². The molecule has 5 rings (SSSR count). The van der Waals surface area contributed by atoms with Gasteiger partial charge in [0, 0.05) is 42.9 Å². The van der Waals surface area contributed by atoms with Crippen molar-refractivity contribution in [2.24, 2.45) is 0 Å². The number of nitrogens with zero attached hydrogens (tertiary/aromatic N) is 5. The average Bonchev–Trinajstić information content (AvgIpc) is 3.20. The minimum Gasteiger partial charge on any atom is -0.334 e. The SMILES string of the molecule is Cc1cc2ncc3c(n2n1)CCN(C(=O)c1ccc2nc(C)sc2c1)C3. The first kappa shape index (κ1) is 15.5. The van der Waals surface area contributed by atoms with E-state index in [1.807, 2.05) is 53.7 Å². The van der Waals surface area contributed by atoms with E-state index in [1.165, 1.54) is 0 Å². The lowest BCUT2D eigenvalue weighted by Gasteiger charge is -2.28. The molecule has 1 aliphatic heterocycles. The molecule has 4 aromatic rings. The molecule has 0 saturated heterocycles. The summed E-state index contributed by atoms with van der Waals surface area (Å²) in [6.07, 6.45) is 2.66. The Balaban J connectivity index is 1.47. The standard InChI is InChI=1S/C19H17N5OS/c1-11-7-18-20-9-14-10-23(6-5-16(14)24(18)22-11)19(25)13-3-4-15-17(8-13)26-12(2)21-15/h3-4,7-9H,5-6,10H2,1-2H3. The Morgan fingerprint density at radius 3 is 3.00 bits per heavy atom. The van der Waals surface area contributed by atoms with E-state index in [1.54, 1.807) is 11.3 Å². The van der Waals surface area contributed by atoms with Crippen LogP contribution >= 0.6 is 11.3 Å². The van der Waals surface area contributed by atoms with Crippen molar-refractivity contribution in [2.75, 3.05) is 6.54 Å². The third kappa shape index (κ3) is 2.39. The zero-order valence-electron chi connectivity index (χ0n) is 14.6. The Bertz CT molecular complexity index is 1180. The van der Waals surface area contributed by atoms with E-state index in [-0.39, 0.29) is 5.91 Å². The topological polar surface area (TPSA) is 63.4 Å². The van der Waals surface area contributed by atoms with Crippen molar-refractivity contribution < 1.29 is 4.79 Å². The maximum absolute atomic E-state index is 13.0. The molecular weight excluding hydrogens is 346 g/mol. The van der Waals surface area contributed by atoms with Crippen LogP contribution < -0.4 is 0 Å². The predicted molar refractivity (Wildman–Crippen MR) is 101 cm³/mol. The molecule has 0 aliphatic carbocycles. The second-order valence-corrected chi connectivity index (χ2v) is 7.91. The van der Waals surface area contributed by atoms with Gasteiger partial charge >= 0.3 is 0 Å². The highest BCUT2D eigenvalue weighted by atomic mass is 32.1. The molecule has 0 radical (unpaired) electrons. The zero-order chi connectivity index (χ0) is 17.8. The highest BCUT2D eigenvalue weighted by molar-refractivity contribution is 7.18. The molecule has 6 nitrogen and oxygen atoms in total. The number of thiazole rings is 1. The molecule has 0 unspecified atom stereocenters. The maximum atomic E-state index is 13.0.